The Hall–Kier alpha value is -2.61. The summed E-state index contributed by atoms with van der Waals surface area (Å²) in [5.74, 6) is 0. The fraction of sp³-hybridized carbons (Fsp3) is 0.0571. The van der Waals surface area contributed by atoms with Gasteiger partial charge in [0.25, 0.3) is 0 Å². The summed E-state index contributed by atoms with van der Waals surface area (Å²) < 4.78 is 4.90. The van der Waals surface area contributed by atoms with Crippen molar-refractivity contribution in [1.29, 1.82) is 0 Å². The maximum atomic E-state index is 2.47. The summed E-state index contributed by atoms with van der Waals surface area (Å²) in [5, 5.41) is 4.53. The zero-order chi connectivity index (χ0) is 24.6. The third kappa shape index (κ3) is 5.17. The average molecular weight is 641 g/mol. The topological polar surface area (TPSA) is 0 Å². The van der Waals surface area contributed by atoms with Crippen LogP contribution in [0.4, 0.5) is 0 Å². The second kappa shape index (κ2) is 12.3. The predicted octanol–water partition coefficient (Wildman–Crippen LogP) is 2.21. The smallest absolute Gasteiger partial charge is 1.00 e. The zero-order valence-corrected chi connectivity index (χ0v) is 26.1. The monoisotopic (exact) mass is 638 g/mol. The van der Waals surface area contributed by atoms with Crippen molar-refractivity contribution in [2.45, 2.75) is 12.8 Å². The zero-order valence-electron chi connectivity index (χ0n) is 21.3. The molecule has 0 unspecified atom stereocenters. The molecule has 0 bridgehead atoms. The maximum Gasteiger partial charge on any atom is -1.00 e. The molecule has 0 amide bonds. The average Bonchev–Trinajstić information content (AvgIpc) is 3.72. The van der Waals surface area contributed by atoms with Gasteiger partial charge in [0.05, 0.1) is 0 Å². The van der Waals surface area contributed by atoms with Gasteiger partial charge in [0.1, 0.15) is 0 Å². The summed E-state index contributed by atoms with van der Waals surface area (Å²) in [7, 11) is 0. The van der Waals surface area contributed by atoms with Crippen molar-refractivity contribution < 1.29 is 46.1 Å². The third-order valence-corrected chi connectivity index (χ3v) is 16.0. The molecule has 1 aromatic heterocycles. The number of allylic oxidation sites excluding steroid dienone is 4. The SMILES string of the molecule is C1=CC(c2ccsc2)=[C]([Zr+2](=[C](c2ccccc2)c2ccccc2)[c]2cccc3c2Cc2ccccc2-3)C1.[Cl-].[Cl-]. The molecule has 2 aliphatic rings. The van der Waals surface area contributed by atoms with Crippen LogP contribution in [0.25, 0.3) is 16.7 Å². The summed E-state index contributed by atoms with van der Waals surface area (Å²) in [5.41, 5.74) is 11.5. The van der Waals surface area contributed by atoms with Gasteiger partial charge in [0.2, 0.25) is 0 Å². The van der Waals surface area contributed by atoms with Crippen molar-refractivity contribution in [3.63, 3.8) is 0 Å². The van der Waals surface area contributed by atoms with E-state index in [1.807, 2.05) is 0 Å². The number of thiophene rings is 1. The summed E-state index contributed by atoms with van der Waals surface area (Å²) in [6.45, 7) is 0. The molecule has 5 aromatic rings. The van der Waals surface area contributed by atoms with Crippen LogP contribution < -0.4 is 28.1 Å². The molecule has 0 saturated heterocycles. The van der Waals surface area contributed by atoms with Crippen molar-refractivity contribution in [2.75, 3.05) is 0 Å². The predicted molar refractivity (Wildman–Crippen MR) is 155 cm³/mol. The van der Waals surface area contributed by atoms with E-state index in [4.69, 9.17) is 0 Å². The van der Waals surface area contributed by atoms with Gasteiger partial charge in [-0.25, -0.2) is 0 Å². The fourth-order valence-corrected chi connectivity index (χ4v) is 15.0. The van der Waals surface area contributed by atoms with Crippen LogP contribution in [-0.2, 0) is 27.7 Å². The molecule has 4 aromatic carbocycles. The molecule has 4 heteroatoms. The number of rotatable bonds is 5. The number of hydrogen-bond acceptors (Lipinski definition) is 1. The van der Waals surface area contributed by atoms with Gasteiger partial charge in [-0.2, -0.15) is 0 Å². The number of benzene rings is 4. The van der Waals surface area contributed by atoms with Crippen molar-refractivity contribution in [1.82, 2.24) is 0 Å². The summed E-state index contributed by atoms with van der Waals surface area (Å²) in [6, 6.07) is 40.8. The summed E-state index contributed by atoms with van der Waals surface area (Å²) in [6.07, 6.45) is 6.88. The maximum absolute atomic E-state index is 2.69. The Kier molecular flexibility index (Phi) is 8.80. The third-order valence-electron chi connectivity index (χ3n) is 7.56. The van der Waals surface area contributed by atoms with Gasteiger partial charge in [-0.15, -0.1) is 0 Å². The molecule has 0 aliphatic heterocycles. The van der Waals surface area contributed by atoms with Crippen LogP contribution in [0.2, 0.25) is 0 Å². The van der Waals surface area contributed by atoms with Crippen LogP contribution in [0, 0.1) is 0 Å². The summed E-state index contributed by atoms with van der Waals surface area (Å²) >= 11 is -0.892. The van der Waals surface area contributed by atoms with Crippen molar-refractivity contribution in [3.05, 3.63) is 163 Å². The Morgan fingerprint density at radius 1 is 0.667 bits per heavy atom. The molecular formula is C35H26Cl2SZr. The van der Waals surface area contributed by atoms with E-state index >= 15 is 0 Å². The molecule has 0 N–H and O–H groups in total. The van der Waals surface area contributed by atoms with Crippen molar-refractivity contribution in [2.24, 2.45) is 0 Å². The molecule has 1 heterocycles. The standard InChI is InChI=1S/C13H9.C13H10.C9H7S.2ClH.Zr/c1-3-7-12-10(5-1)9-11-6-2-4-8-13(11)12;1-3-7-12(8-4-1)11-13-9-5-2-6-10-13;1-2-4-8(3-1)9-5-6-10-7-9;;;/h1-5,7-8H,9H2;1-10H;1,3,5-7H,2H2;2*1H;/q;;;;;+2/p-2. The van der Waals surface area contributed by atoms with E-state index in [0.29, 0.717) is 0 Å². The van der Waals surface area contributed by atoms with Gasteiger partial charge in [-0.1, -0.05) is 0 Å². The first kappa shape index (κ1) is 27.9. The molecular weight excluding hydrogens is 615 g/mol. The Morgan fingerprint density at radius 3 is 2.03 bits per heavy atom. The van der Waals surface area contributed by atoms with E-state index in [1.54, 1.807) is 26.7 Å². The van der Waals surface area contributed by atoms with E-state index < -0.39 is 21.3 Å². The minimum absolute atomic E-state index is 0. The van der Waals surface area contributed by atoms with E-state index in [1.165, 1.54) is 39.0 Å². The van der Waals surface area contributed by atoms with Gasteiger partial charge in [0.15, 0.2) is 0 Å². The van der Waals surface area contributed by atoms with E-state index in [9.17, 15) is 0 Å². The summed E-state index contributed by atoms with van der Waals surface area (Å²) in [4.78, 5) is 0. The minimum atomic E-state index is -2.69. The molecule has 0 fully saturated rings. The molecule has 39 heavy (non-hydrogen) atoms. The molecule has 7 rings (SSSR count). The van der Waals surface area contributed by atoms with Gasteiger partial charge in [0, 0.05) is 0 Å². The molecule has 0 nitrogen and oxygen atoms in total. The van der Waals surface area contributed by atoms with Gasteiger partial charge in [-0.05, 0) is 0 Å². The van der Waals surface area contributed by atoms with Crippen molar-refractivity contribution >= 4 is 23.4 Å². The first-order valence-corrected chi connectivity index (χ1v) is 17.5. The van der Waals surface area contributed by atoms with Crippen LogP contribution in [-0.4, -0.2) is 3.21 Å². The van der Waals surface area contributed by atoms with E-state index in [-0.39, 0.29) is 24.8 Å². The van der Waals surface area contributed by atoms with Crippen molar-refractivity contribution in [3.8, 4) is 11.1 Å². The van der Waals surface area contributed by atoms with Gasteiger partial charge >= 0.3 is 232 Å². The molecule has 0 atom stereocenters. The minimum Gasteiger partial charge on any atom is -1.00 e. The Bertz CT molecular complexity index is 1660. The van der Waals surface area contributed by atoms with Crippen LogP contribution in [0.15, 0.2) is 135 Å². The first-order valence-electron chi connectivity index (χ1n) is 12.9. The molecule has 0 saturated carbocycles. The van der Waals surface area contributed by atoms with Crippen LogP contribution in [0.3, 0.4) is 0 Å². The van der Waals surface area contributed by atoms with E-state index in [2.05, 4.69) is 132 Å². The van der Waals surface area contributed by atoms with Crippen LogP contribution in [0.1, 0.15) is 34.2 Å². The van der Waals surface area contributed by atoms with Gasteiger partial charge < -0.3 is 24.8 Å². The Morgan fingerprint density at radius 2 is 1.33 bits per heavy atom. The van der Waals surface area contributed by atoms with Crippen LogP contribution >= 0.6 is 11.3 Å². The number of hydrogen-bond donors (Lipinski definition) is 0. The normalized spacial score (nSPS) is 12.6. The second-order valence-corrected chi connectivity index (χ2v) is 16.3. The first-order chi connectivity index (χ1) is 18.4. The Labute approximate surface area is 254 Å². The molecule has 0 radical (unpaired) electrons. The molecule has 0 spiro atoms. The largest absolute Gasteiger partial charge is 1.00 e. The van der Waals surface area contributed by atoms with Gasteiger partial charge in [-0.3, -0.25) is 0 Å². The molecule has 2 aliphatic carbocycles. The van der Waals surface area contributed by atoms with E-state index in [0.717, 1.165) is 12.8 Å². The Balaban J connectivity index is 0.00000154. The fourth-order valence-electron chi connectivity index (χ4n) is 5.93. The second-order valence-electron chi connectivity index (χ2n) is 9.66. The molecule has 190 valence electrons. The van der Waals surface area contributed by atoms with Crippen LogP contribution in [0.5, 0.6) is 0 Å². The number of halogens is 2. The quantitative estimate of drug-likeness (QED) is 0.271. The number of fused-ring (bicyclic) bond motifs is 3.